The number of halogens is 1. The van der Waals surface area contributed by atoms with Gasteiger partial charge >= 0.3 is 0 Å². The maximum Gasteiger partial charge on any atom is 0.231 e. The zero-order chi connectivity index (χ0) is 20.7. The van der Waals surface area contributed by atoms with Crippen LogP contribution in [0.3, 0.4) is 0 Å². The Morgan fingerprint density at radius 3 is 2.79 bits per heavy atom. The summed E-state index contributed by atoms with van der Waals surface area (Å²) in [4.78, 5) is 15.3. The minimum Gasteiger partial charge on any atom is -0.496 e. The summed E-state index contributed by atoms with van der Waals surface area (Å²) < 4.78 is 18.3. The molecular formula is C23H24BrNO4. The lowest BCUT2D eigenvalue weighted by molar-refractivity contribution is 0.0835. The normalized spacial score (nSPS) is 17.2. The molecule has 6 heteroatoms. The average Bonchev–Trinajstić information content (AvgIpc) is 2.98. The predicted octanol–water partition coefficient (Wildman–Crippen LogP) is 5.19. The Kier molecular flexibility index (Phi) is 5.40. The fourth-order valence-electron chi connectivity index (χ4n) is 3.89. The van der Waals surface area contributed by atoms with Gasteiger partial charge in [-0.05, 0) is 43.2 Å². The summed E-state index contributed by atoms with van der Waals surface area (Å²) in [5, 5.41) is 0. The van der Waals surface area contributed by atoms with Gasteiger partial charge in [-0.1, -0.05) is 29.8 Å². The van der Waals surface area contributed by atoms with E-state index in [9.17, 15) is 4.79 Å². The number of allylic oxidation sites excluding steroid dienone is 1. The minimum absolute atomic E-state index is 0.117. The molecule has 2 aliphatic heterocycles. The van der Waals surface area contributed by atoms with Crippen molar-refractivity contribution in [2.75, 3.05) is 20.4 Å². The molecule has 0 spiro atoms. The maximum atomic E-state index is 13.1. The number of hydrogen-bond acceptors (Lipinski definition) is 5. The lowest BCUT2D eigenvalue weighted by Crippen LogP contribution is -2.35. The molecule has 5 nitrogen and oxygen atoms in total. The first kappa shape index (κ1) is 20.0. The smallest absolute Gasteiger partial charge is 0.231 e. The summed E-state index contributed by atoms with van der Waals surface area (Å²) in [7, 11) is 1.61. The van der Waals surface area contributed by atoms with E-state index in [0.29, 0.717) is 35.5 Å². The summed E-state index contributed by atoms with van der Waals surface area (Å²) in [6.07, 6.45) is 1.73. The highest BCUT2D eigenvalue weighted by atomic mass is 79.9. The Morgan fingerprint density at radius 1 is 1.28 bits per heavy atom. The number of carbonyl (C=O) groups is 1. The highest BCUT2D eigenvalue weighted by Crippen LogP contribution is 2.43. The van der Waals surface area contributed by atoms with E-state index in [4.69, 9.17) is 14.2 Å². The van der Waals surface area contributed by atoms with Crippen LogP contribution in [-0.2, 0) is 6.54 Å². The van der Waals surface area contributed by atoms with E-state index in [1.54, 1.807) is 13.2 Å². The first-order chi connectivity index (χ1) is 13.9. The second-order valence-electron chi connectivity index (χ2n) is 7.87. The molecule has 2 heterocycles. The van der Waals surface area contributed by atoms with E-state index in [1.807, 2.05) is 31.2 Å². The van der Waals surface area contributed by atoms with Gasteiger partial charge < -0.3 is 14.2 Å². The monoisotopic (exact) mass is 457 g/mol. The van der Waals surface area contributed by atoms with Crippen molar-refractivity contribution in [2.45, 2.75) is 27.3 Å². The molecule has 0 saturated heterocycles. The van der Waals surface area contributed by atoms with Crippen LogP contribution in [0.25, 0.3) is 6.08 Å². The lowest BCUT2D eigenvalue weighted by Gasteiger charge is -2.31. The number of rotatable bonds is 4. The summed E-state index contributed by atoms with van der Waals surface area (Å²) in [5.74, 6) is 2.82. The third-order valence-corrected chi connectivity index (χ3v) is 5.60. The van der Waals surface area contributed by atoms with Gasteiger partial charge in [0.05, 0.1) is 12.7 Å². The van der Waals surface area contributed by atoms with Crippen LogP contribution in [-0.4, -0.2) is 31.1 Å². The van der Waals surface area contributed by atoms with Crippen molar-refractivity contribution in [3.8, 4) is 17.2 Å². The predicted molar refractivity (Wildman–Crippen MR) is 116 cm³/mol. The molecule has 29 heavy (non-hydrogen) atoms. The van der Waals surface area contributed by atoms with E-state index in [-0.39, 0.29) is 5.78 Å². The van der Waals surface area contributed by atoms with Crippen molar-refractivity contribution in [3.05, 3.63) is 56.8 Å². The minimum atomic E-state index is -0.117. The quantitative estimate of drug-likeness (QED) is 0.591. The molecule has 0 saturated carbocycles. The molecule has 0 aliphatic carbocycles. The highest BCUT2D eigenvalue weighted by Gasteiger charge is 2.33. The molecule has 0 fully saturated rings. The molecule has 0 amide bonds. The first-order valence-corrected chi connectivity index (χ1v) is 10.5. The van der Waals surface area contributed by atoms with Gasteiger partial charge in [-0.3, -0.25) is 9.69 Å². The molecule has 152 valence electrons. The van der Waals surface area contributed by atoms with E-state index >= 15 is 0 Å². The van der Waals surface area contributed by atoms with E-state index in [1.165, 1.54) is 0 Å². The summed E-state index contributed by atoms with van der Waals surface area (Å²) in [5.41, 5.74) is 3.28. The summed E-state index contributed by atoms with van der Waals surface area (Å²) in [6, 6.07) is 7.57. The summed E-state index contributed by atoms with van der Waals surface area (Å²) in [6.45, 7) is 8.60. The number of hydrogen-bond donors (Lipinski definition) is 0. The van der Waals surface area contributed by atoms with E-state index in [0.717, 1.165) is 40.0 Å². The molecular weight excluding hydrogens is 434 g/mol. The topological polar surface area (TPSA) is 48.0 Å². The fraction of sp³-hybridized carbons (Fsp3) is 0.348. The Balaban J connectivity index is 1.69. The highest BCUT2D eigenvalue weighted by molar-refractivity contribution is 9.10. The molecule has 2 aromatic rings. The molecule has 0 radical (unpaired) electrons. The molecule has 2 aromatic carbocycles. The van der Waals surface area contributed by atoms with Gasteiger partial charge in [-0.15, -0.1) is 0 Å². The van der Waals surface area contributed by atoms with Crippen molar-refractivity contribution in [2.24, 2.45) is 5.92 Å². The number of ketones is 1. The van der Waals surface area contributed by atoms with Gasteiger partial charge in [0.2, 0.25) is 5.78 Å². The number of methoxy groups -OCH3 is 1. The van der Waals surface area contributed by atoms with Crippen molar-refractivity contribution < 1.29 is 19.0 Å². The van der Waals surface area contributed by atoms with Crippen molar-refractivity contribution in [1.29, 1.82) is 0 Å². The van der Waals surface area contributed by atoms with Crippen LogP contribution in [0.2, 0.25) is 0 Å². The van der Waals surface area contributed by atoms with Crippen molar-refractivity contribution >= 4 is 27.8 Å². The van der Waals surface area contributed by atoms with Crippen LogP contribution in [0.15, 0.2) is 34.5 Å². The molecule has 0 atom stereocenters. The van der Waals surface area contributed by atoms with Crippen LogP contribution in [0, 0.1) is 12.8 Å². The van der Waals surface area contributed by atoms with E-state index in [2.05, 4.69) is 34.7 Å². The van der Waals surface area contributed by atoms with Gasteiger partial charge in [-0.2, -0.15) is 0 Å². The van der Waals surface area contributed by atoms with Crippen LogP contribution in [0.1, 0.15) is 40.9 Å². The molecule has 0 unspecified atom stereocenters. The molecule has 0 N–H and O–H groups in total. The Bertz CT molecular complexity index is 1010. The SMILES string of the molecule is COc1ccc(Br)cc1/C=C1\Oc2c(cc3c(c2C)OCN(CC(C)C)C3)C1=O. The Morgan fingerprint density at radius 2 is 2.07 bits per heavy atom. The second-order valence-corrected chi connectivity index (χ2v) is 8.79. The standard InChI is InChI=1S/C23H24BrNO4/c1-13(2)10-25-11-16-8-18-21(26)20(29-23(18)14(3)22(16)28-12-25)9-15-7-17(24)5-6-19(15)27-4/h5-9,13H,10-12H2,1-4H3/b20-9-. The molecule has 4 rings (SSSR count). The summed E-state index contributed by atoms with van der Waals surface area (Å²) >= 11 is 3.47. The number of ether oxygens (including phenoxy) is 3. The fourth-order valence-corrected chi connectivity index (χ4v) is 4.27. The first-order valence-electron chi connectivity index (χ1n) is 9.66. The maximum absolute atomic E-state index is 13.1. The Hall–Kier alpha value is -2.31. The zero-order valence-electron chi connectivity index (χ0n) is 17.0. The number of Topliss-reactive ketones (excluding diaryl/α,β-unsaturated/α-hetero) is 1. The van der Waals surface area contributed by atoms with Gasteiger partial charge in [-0.25, -0.2) is 0 Å². The van der Waals surface area contributed by atoms with Gasteiger partial charge in [0.25, 0.3) is 0 Å². The largest absolute Gasteiger partial charge is 0.496 e. The van der Waals surface area contributed by atoms with E-state index < -0.39 is 0 Å². The molecule has 0 aromatic heterocycles. The van der Waals surface area contributed by atoms with Gasteiger partial charge in [0, 0.05) is 34.3 Å². The van der Waals surface area contributed by atoms with Crippen molar-refractivity contribution in [3.63, 3.8) is 0 Å². The Labute approximate surface area is 179 Å². The zero-order valence-corrected chi connectivity index (χ0v) is 18.6. The third kappa shape index (κ3) is 3.79. The number of carbonyl (C=O) groups excluding carboxylic acids is 1. The number of benzene rings is 2. The molecule has 0 bridgehead atoms. The average molecular weight is 458 g/mol. The van der Waals surface area contributed by atoms with Crippen LogP contribution >= 0.6 is 15.9 Å². The van der Waals surface area contributed by atoms with Gasteiger partial charge in [0.15, 0.2) is 5.76 Å². The molecule has 2 aliphatic rings. The lowest BCUT2D eigenvalue weighted by atomic mass is 9.99. The van der Waals surface area contributed by atoms with Crippen molar-refractivity contribution in [1.82, 2.24) is 4.90 Å². The second kappa shape index (κ2) is 7.84. The third-order valence-electron chi connectivity index (χ3n) is 5.10. The number of nitrogens with zero attached hydrogens (tertiary/aromatic N) is 1. The van der Waals surface area contributed by atoms with Crippen LogP contribution in [0.5, 0.6) is 17.2 Å². The van der Waals surface area contributed by atoms with Crippen LogP contribution < -0.4 is 14.2 Å². The number of fused-ring (bicyclic) bond motifs is 2. The van der Waals surface area contributed by atoms with Crippen LogP contribution in [0.4, 0.5) is 0 Å². The van der Waals surface area contributed by atoms with Gasteiger partial charge in [0.1, 0.15) is 24.0 Å².